The van der Waals surface area contributed by atoms with Crippen LogP contribution in [0.5, 0.6) is 5.75 Å². The van der Waals surface area contributed by atoms with Crippen molar-refractivity contribution in [1.29, 1.82) is 0 Å². The highest BCUT2D eigenvalue weighted by atomic mass is 32.2. The summed E-state index contributed by atoms with van der Waals surface area (Å²) < 4.78 is 11.7. The number of benzene rings is 1. The van der Waals surface area contributed by atoms with Gasteiger partial charge in [0.1, 0.15) is 10.8 Å². The second-order valence-electron chi connectivity index (χ2n) is 4.70. The van der Waals surface area contributed by atoms with Crippen molar-refractivity contribution in [3.63, 3.8) is 0 Å². The molecule has 1 saturated heterocycles. The third kappa shape index (κ3) is 3.90. The number of nitrogens with zero attached hydrogens (tertiary/aromatic N) is 2. The first-order valence-corrected chi connectivity index (χ1v) is 8.69. The Hall–Kier alpha value is -1.24. The predicted molar refractivity (Wildman–Crippen MR) is 87.7 cm³/mol. The summed E-state index contributed by atoms with van der Waals surface area (Å²) >= 11 is 3.54. The number of anilines is 1. The molecule has 1 aliphatic rings. The molecule has 2 heterocycles. The maximum atomic E-state index is 5.38. The Morgan fingerprint density at radius 2 is 2.05 bits per heavy atom. The molecular weight excluding hydrogens is 304 g/mol. The van der Waals surface area contributed by atoms with Crippen molar-refractivity contribution in [2.45, 2.75) is 10.1 Å². The highest BCUT2D eigenvalue weighted by Gasteiger charge is 2.14. The van der Waals surface area contributed by atoms with Crippen LogP contribution in [-0.4, -0.2) is 38.4 Å². The molecule has 0 bridgehead atoms. The molecule has 0 N–H and O–H groups in total. The summed E-state index contributed by atoms with van der Waals surface area (Å²) in [5.74, 6) is 1.83. The van der Waals surface area contributed by atoms with E-state index in [1.807, 2.05) is 18.3 Å². The molecule has 0 unspecified atom stereocenters. The van der Waals surface area contributed by atoms with E-state index in [0.29, 0.717) is 0 Å². The molecule has 1 fully saturated rings. The molecule has 0 amide bonds. The summed E-state index contributed by atoms with van der Waals surface area (Å²) in [6, 6.07) is 8.19. The topological polar surface area (TPSA) is 34.6 Å². The molecule has 0 spiro atoms. The predicted octanol–water partition coefficient (Wildman–Crippen LogP) is 3.28. The fourth-order valence-electron chi connectivity index (χ4n) is 2.11. The molecule has 1 aromatic heterocycles. The quantitative estimate of drug-likeness (QED) is 0.789. The molecule has 1 aromatic carbocycles. The van der Waals surface area contributed by atoms with E-state index in [0.717, 1.165) is 42.1 Å². The Kier molecular flexibility index (Phi) is 5.00. The largest absolute Gasteiger partial charge is 0.497 e. The molecule has 2 aromatic rings. The highest BCUT2D eigenvalue weighted by molar-refractivity contribution is 8.00. The van der Waals surface area contributed by atoms with Crippen LogP contribution in [0.4, 0.5) is 5.00 Å². The number of hydrogen-bond acceptors (Lipinski definition) is 6. The number of ether oxygens (including phenoxy) is 2. The SMILES string of the molecule is COc1ccc(CSc2ncc(N3CCOCC3)s2)cc1. The van der Waals surface area contributed by atoms with Gasteiger partial charge in [0.15, 0.2) is 4.34 Å². The summed E-state index contributed by atoms with van der Waals surface area (Å²) in [4.78, 5) is 6.86. The van der Waals surface area contributed by atoms with Crippen LogP contribution in [0, 0.1) is 0 Å². The lowest BCUT2D eigenvalue weighted by Gasteiger charge is -2.26. The van der Waals surface area contributed by atoms with Crippen LogP contribution in [0.1, 0.15) is 5.56 Å². The van der Waals surface area contributed by atoms with E-state index in [1.165, 1.54) is 10.6 Å². The van der Waals surface area contributed by atoms with E-state index in [1.54, 1.807) is 30.2 Å². The van der Waals surface area contributed by atoms with Crippen molar-refractivity contribution in [3.8, 4) is 5.75 Å². The summed E-state index contributed by atoms with van der Waals surface area (Å²) in [6.45, 7) is 3.55. The zero-order valence-corrected chi connectivity index (χ0v) is 13.6. The van der Waals surface area contributed by atoms with E-state index in [-0.39, 0.29) is 0 Å². The van der Waals surface area contributed by atoms with Gasteiger partial charge in [-0.3, -0.25) is 0 Å². The van der Waals surface area contributed by atoms with Crippen molar-refractivity contribution in [2.24, 2.45) is 0 Å². The van der Waals surface area contributed by atoms with Crippen molar-refractivity contribution < 1.29 is 9.47 Å². The number of thioether (sulfide) groups is 1. The van der Waals surface area contributed by atoms with Gasteiger partial charge in [-0.2, -0.15) is 0 Å². The fourth-order valence-corrected chi connectivity index (χ4v) is 4.09. The van der Waals surface area contributed by atoms with Crippen LogP contribution in [0.2, 0.25) is 0 Å². The molecule has 3 rings (SSSR count). The lowest BCUT2D eigenvalue weighted by atomic mass is 10.2. The van der Waals surface area contributed by atoms with E-state index < -0.39 is 0 Å². The van der Waals surface area contributed by atoms with Gasteiger partial charge in [0, 0.05) is 18.8 Å². The molecule has 4 nitrogen and oxygen atoms in total. The van der Waals surface area contributed by atoms with Crippen molar-refractivity contribution in [3.05, 3.63) is 36.0 Å². The smallest absolute Gasteiger partial charge is 0.152 e. The van der Waals surface area contributed by atoms with Gasteiger partial charge < -0.3 is 14.4 Å². The Bertz CT molecular complexity index is 565. The Morgan fingerprint density at radius 1 is 1.29 bits per heavy atom. The van der Waals surface area contributed by atoms with Crippen molar-refractivity contribution in [2.75, 3.05) is 38.3 Å². The van der Waals surface area contributed by atoms with Gasteiger partial charge >= 0.3 is 0 Å². The third-order valence-electron chi connectivity index (χ3n) is 3.32. The molecule has 0 radical (unpaired) electrons. The van der Waals surface area contributed by atoms with Crippen LogP contribution < -0.4 is 9.64 Å². The zero-order valence-electron chi connectivity index (χ0n) is 11.9. The van der Waals surface area contributed by atoms with Crippen molar-refractivity contribution >= 4 is 28.1 Å². The minimum absolute atomic E-state index is 0.812. The van der Waals surface area contributed by atoms with Crippen LogP contribution in [0.3, 0.4) is 0 Å². The minimum atomic E-state index is 0.812. The van der Waals surface area contributed by atoms with Gasteiger partial charge in [-0.1, -0.05) is 35.2 Å². The summed E-state index contributed by atoms with van der Waals surface area (Å²) in [6.07, 6.45) is 1.98. The van der Waals surface area contributed by atoms with Gasteiger partial charge in [0.05, 0.1) is 26.5 Å². The standard InChI is InChI=1S/C15H18N2O2S2/c1-18-13-4-2-12(3-5-13)11-20-15-16-10-14(21-15)17-6-8-19-9-7-17/h2-5,10H,6-9,11H2,1H3. The molecular formula is C15H18N2O2S2. The summed E-state index contributed by atoms with van der Waals surface area (Å²) in [5.41, 5.74) is 1.28. The molecule has 21 heavy (non-hydrogen) atoms. The zero-order chi connectivity index (χ0) is 14.5. The first kappa shape index (κ1) is 14.7. The van der Waals surface area contributed by atoms with Gasteiger partial charge in [0.2, 0.25) is 0 Å². The maximum absolute atomic E-state index is 5.38. The molecule has 0 atom stereocenters. The van der Waals surface area contributed by atoms with E-state index >= 15 is 0 Å². The van der Waals surface area contributed by atoms with Gasteiger partial charge in [0.25, 0.3) is 0 Å². The van der Waals surface area contributed by atoms with Crippen LogP contribution in [-0.2, 0) is 10.5 Å². The number of thiazole rings is 1. The van der Waals surface area contributed by atoms with Crippen LogP contribution in [0.15, 0.2) is 34.8 Å². The van der Waals surface area contributed by atoms with Gasteiger partial charge in [-0.15, -0.1) is 0 Å². The molecule has 6 heteroatoms. The number of hydrogen-bond donors (Lipinski definition) is 0. The minimum Gasteiger partial charge on any atom is -0.497 e. The lowest BCUT2D eigenvalue weighted by Crippen LogP contribution is -2.35. The normalized spacial score (nSPS) is 15.2. The Balaban J connectivity index is 1.56. The Labute approximate surface area is 133 Å². The molecule has 112 valence electrons. The number of methoxy groups -OCH3 is 1. The number of rotatable bonds is 5. The fraction of sp³-hybridized carbons (Fsp3) is 0.400. The Morgan fingerprint density at radius 3 is 2.76 bits per heavy atom. The van der Waals surface area contributed by atoms with Crippen LogP contribution in [0.25, 0.3) is 0 Å². The average Bonchev–Trinajstić information content (AvgIpc) is 3.03. The molecule has 1 aliphatic heterocycles. The summed E-state index contributed by atoms with van der Waals surface area (Å²) in [5, 5.41) is 1.25. The second kappa shape index (κ2) is 7.15. The third-order valence-corrected chi connectivity index (χ3v) is 5.60. The number of morpholine rings is 1. The maximum Gasteiger partial charge on any atom is 0.152 e. The lowest BCUT2D eigenvalue weighted by molar-refractivity contribution is 0.123. The first-order valence-electron chi connectivity index (χ1n) is 6.89. The monoisotopic (exact) mass is 322 g/mol. The van der Waals surface area contributed by atoms with E-state index in [2.05, 4.69) is 22.0 Å². The van der Waals surface area contributed by atoms with Gasteiger partial charge in [-0.25, -0.2) is 4.98 Å². The number of aromatic nitrogens is 1. The molecule has 0 saturated carbocycles. The first-order chi connectivity index (χ1) is 10.3. The van der Waals surface area contributed by atoms with E-state index in [9.17, 15) is 0 Å². The average molecular weight is 322 g/mol. The second-order valence-corrected chi connectivity index (χ2v) is 6.93. The van der Waals surface area contributed by atoms with E-state index in [4.69, 9.17) is 9.47 Å². The van der Waals surface area contributed by atoms with Crippen LogP contribution >= 0.6 is 23.1 Å². The summed E-state index contributed by atoms with van der Waals surface area (Å²) in [7, 11) is 1.69. The highest BCUT2D eigenvalue weighted by Crippen LogP contribution is 2.32. The van der Waals surface area contributed by atoms with Crippen molar-refractivity contribution in [1.82, 2.24) is 4.98 Å². The molecule has 0 aliphatic carbocycles. The van der Waals surface area contributed by atoms with Gasteiger partial charge in [-0.05, 0) is 17.7 Å².